The molecule has 0 amide bonds. The number of rotatable bonds is 0. The predicted octanol–water partition coefficient (Wildman–Crippen LogP) is 1.84. The summed E-state index contributed by atoms with van der Waals surface area (Å²) in [7, 11) is 0. The minimum absolute atomic E-state index is 0.649. The third kappa shape index (κ3) is 1.00. The molecule has 4 atom stereocenters. The molecule has 1 aliphatic carbocycles. The van der Waals surface area contributed by atoms with E-state index in [2.05, 4.69) is 29.5 Å². The molecule has 1 nitrogen and oxygen atoms in total. The second-order valence-corrected chi connectivity index (χ2v) is 4.92. The largest absolute Gasteiger partial charge is 0.377 e. The van der Waals surface area contributed by atoms with E-state index in [4.69, 9.17) is 4.74 Å². The lowest BCUT2D eigenvalue weighted by atomic mass is 10.2. The molecule has 0 bridgehead atoms. The molecule has 0 spiro atoms. The van der Waals surface area contributed by atoms with Crippen LogP contribution in [0.5, 0.6) is 0 Å². The van der Waals surface area contributed by atoms with E-state index in [1.807, 2.05) is 0 Å². The van der Waals surface area contributed by atoms with E-state index >= 15 is 0 Å². The molecule has 0 N–H and O–H groups in total. The molecule has 0 radical (unpaired) electrons. The van der Waals surface area contributed by atoms with Crippen molar-refractivity contribution in [2.75, 3.05) is 6.61 Å². The van der Waals surface area contributed by atoms with Gasteiger partial charge in [0.15, 0.2) is 0 Å². The van der Waals surface area contributed by atoms with Gasteiger partial charge in [0.05, 0.1) is 12.7 Å². The zero-order chi connectivity index (χ0) is 6.43. The van der Waals surface area contributed by atoms with Gasteiger partial charge in [-0.3, -0.25) is 0 Å². The summed E-state index contributed by atoms with van der Waals surface area (Å²) < 4.78 is 6.35. The zero-order valence-corrected chi connectivity index (χ0v) is 7.67. The van der Waals surface area contributed by atoms with E-state index < -0.39 is 0 Å². The Morgan fingerprint density at radius 1 is 1.56 bits per heavy atom. The van der Waals surface area contributed by atoms with Crippen LogP contribution < -0.4 is 0 Å². The Balaban J connectivity index is 1.96. The summed E-state index contributed by atoms with van der Waals surface area (Å²) in [5.41, 5.74) is 0. The highest BCUT2D eigenvalue weighted by Crippen LogP contribution is 2.48. The van der Waals surface area contributed by atoms with Crippen LogP contribution in [-0.2, 0) is 4.74 Å². The third-order valence-corrected chi connectivity index (χ3v) is 3.34. The van der Waals surface area contributed by atoms with E-state index in [1.54, 1.807) is 0 Å². The zero-order valence-electron chi connectivity index (χ0n) is 5.51. The van der Waals surface area contributed by atoms with E-state index in [1.165, 1.54) is 6.42 Å². The van der Waals surface area contributed by atoms with Crippen molar-refractivity contribution in [2.45, 2.75) is 23.4 Å². The van der Waals surface area contributed by atoms with Crippen LogP contribution in [0, 0.1) is 11.8 Å². The second kappa shape index (κ2) is 2.09. The van der Waals surface area contributed by atoms with Crippen molar-refractivity contribution in [2.24, 2.45) is 11.8 Å². The van der Waals surface area contributed by atoms with Gasteiger partial charge >= 0.3 is 0 Å². The number of ether oxygens (including phenoxy) is 1. The molecule has 0 aromatic rings. The number of alkyl halides is 1. The van der Waals surface area contributed by atoms with Crippen molar-refractivity contribution in [3.63, 3.8) is 0 Å². The van der Waals surface area contributed by atoms with Gasteiger partial charge in [-0.2, -0.15) is 0 Å². The molecular weight excluding hydrogens is 227 g/mol. The number of hydrogen-bond donors (Lipinski definition) is 0. The Morgan fingerprint density at radius 2 is 2.33 bits per heavy atom. The summed E-state index contributed by atoms with van der Waals surface area (Å²) in [4.78, 5) is 0. The van der Waals surface area contributed by atoms with Gasteiger partial charge < -0.3 is 4.74 Å². The number of fused-ring (bicyclic) bond motifs is 1. The molecule has 1 saturated heterocycles. The van der Waals surface area contributed by atoms with Crippen molar-refractivity contribution in [1.82, 2.24) is 0 Å². The van der Waals surface area contributed by atoms with Crippen molar-refractivity contribution in [3.05, 3.63) is 0 Å². The monoisotopic (exact) mass is 238 g/mol. The van der Waals surface area contributed by atoms with Crippen molar-refractivity contribution in [3.8, 4) is 0 Å². The highest BCUT2D eigenvalue weighted by molar-refractivity contribution is 14.1. The quantitative estimate of drug-likeness (QED) is 0.462. The fraction of sp³-hybridized carbons (Fsp3) is 1.00. The van der Waals surface area contributed by atoms with Crippen LogP contribution in [0.3, 0.4) is 0 Å². The minimum Gasteiger partial charge on any atom is -0.377 e. The third-order valence-electron chi connectivity index (χ3n) is 2.47. The lowest BCUT2D eigenvalue weighted by Gasteiger charge is -2.14. The fourth-order valence-corrected chi connectivity index (χ4v) is 2.50. The first kappa shape index (κ1) is 6.40. The maximum absolute atomic E-state index is 5.57. The van der Waals surface area contributed by atoms with Crippen LogP contribution in [0.1, 0.15) is 13.3 Å². The van der Waals surface area contributed by atoms with Crippen molar-refractivity contribution < 1.29 is 4.74 Å². The van der Waals surface area contributed by atoms with Crippen LogP contribution in [-0.4, -0.2) is 16.6 Å². The van der Waals surface area contributed by atoms with Gasteiger partial charge in [0, 0.05) is 3.92 Å². The van der Waals surface area contributed by atoms with Gasteiger partial charge in [-0.25, -0.2) is 0 Å². The van der Waals surface area contributed by atoms with Gasteiger partial charge in [-0.1, -0.05) is 29.5 Å². The Kier molecular flexibility index (Phi) is 1.49. The molecule has 2 rings (SSSR count). The first-order chi connectivity index (χ1) is 4.29. The molecule has 3 unspecified atom stereocenters. The Bertz CT molecular complexity index is 126. The standard InChI is InChI=1S/C7H11IO/c1-4-6-2-5(8)3-9-7(4)6/h4-7H,2-3H2,1H3/t4?,5?,6?,7-/m1/s1. The summed E-state index contributed by atoms with van der Waals surface area (Å²) in [6.45, 7) is 3.29. The maximum Gasteiger partial charge on any atom is 0.0636 e. The average Bonchev–Trinajstić information content (AvgIpc) is 2.43. The Labute approximate surface area is 69.3 Å². The first-order valence-electron chi connectivity index (χ1n) is 3.54. The maximum atomic E-state index is 5.57. The number of hydrogen-bond acceptors (Lipinski definition) is 1. The average molecular weight is 238 g/mol. The first-order valence-corrected chi connectivity index (χ1v) is 4.79. The van der Waals surface area contributed by atoms with E-state index in [9.17, 15) is 0 Å². The van der Waals surface area contributed by atoms with Crippen LogP contribution in [0.15, 0.2) is 0 Å². The molecule has 0 aromatic carbocycles. The summed E-state index contributed by atoms with van der Waals surface area (Å²) in [6, 6.07) is 0. The van der Waals surface area contributed by atoms with Gasteiger partial charge in [0.25, 0.3) is 0 Å². The van der Waals surface area contributed by atoms with Crippen molar-refractivity contribution >= 4 is 22.6 Å². The van der Waals surface area contributed by atoms with Crippen LogP contribution in [0.25, 0.3) is 0 Å². The SMILES string of the molecule is CC1C2CC(I)CO[C@H]12. The van der Waals surface area contributed by atoms with Crippen molar-refractivity contribution in [1.29, 1.82) is 0 Å². The van der Waals surface area contributed by atoms with Gasteiger partial charge in [0.2, 0.25) is 0 Å². The molecule has 1 heterocycles. The topological polar surface area (TPSA) is 9.23 Å². The van der Waals surface area contributed by atoms with Crippen LogP contribution in [0.2, 0.25) is 0 Å². The van der Waals surface area contributed by atoms with Gasteiger partial charge in [-0.15, -0.1) is 0 Å². The molecule has 9 heavy (non-hydrogen) atoms. The molecule has 1 saturated carbocycles. The molecule has 52 valence electrons. The molecule has 2 heteroatoms. The second-order valence-electron chi connectivity index (χ2n) is 3.15. The van der Waals surface area contributed by atoms with Gasteiger partial charge in [-0.05, 0) is 18.3 Å². The van der Waals surface area contributed by atoms with E-state index in [-0.39, 0.29) is 0 Å². The Hall–Kier alpha value is 0.690. The smallest absolute Gasteiger partial charge is 0.0636 e. The van der Waals surface area contributed by atoms with Crippen LogP contribution >= 0.6 is 22.6 Å². The summed E-state index contributed by atoms with van der Waals surface area (Å²) >= 11 is 2.48. The number of halogens is 1. The fourth-order valence-electron chi connectivity index (χ4n) is 1.71. The highest BCUT2D eigenvalue weighted by Gasteiger charge is 2.50. The van der Waals surface area contributed by atoms with Gasteiger partial charge in [0.1, 0.15) is 0 Å². The summed E-state index contributed by atoms with van der Waals surface area (Å²) in [6.07, 6.45) is 2.04. The van der Waals surface area contributed by atoms with E-state index in [0.29, 0.717) is 6.10 Å². The van der Waals surface area contributed by atoms with Crippen LogP contribution in [0.4, 0.5) is 0 Å². The highest BCUT2D eigenvalue weighted by atomic mass is 127. The molecule has 1 aliphatic heterocycles. The van der Waals surface area contributed by atoms with E-state index in [0.717, 1.165) is 22.4 Å². The molecule has 0 aromatic heterocycles. The lowest BCUT2D eigenvalue weighted by molar-refractivity contribution is 0.0832. The molecular formula is C7H11IO. The minimum atomic E-state index is 0.649. The molecule has 2 fully saturated rings. The summed E-state index contributed by atoms with van der Waals surface area (Å²) in [5.74, 6) is 1.78. The predicted molar refractivity (Wildman–Crippen MR) is 44.8 cm³/mol. The molecule has 2 aliphatic rings. The normalized spacial score (nSPS) is 56.7. The summed E-state index contributed by atoms with van der Waals surface area (Å²) in [5, 5.41) is 0. The lowest BCUT2D eigenvalue weighted by Crippen LogP contribution is -2.17. The Morgan fingerprint density at radius 3 is 2.89 bits per heavy atom.